The molecule has 0 unspecified atom stereocenters. The average Bonchev–Trinajstić information content (AvgIpc) is 2.18. The zero-order chi connectivity index (χ0) is 9.97. The summed E-state index contributed by atoms with van der Waals surface area (Å²) < 4.78 is 0. The molecule has 2 rings (SSSR count). The average molecular weight is 228 g/mol. The molecule has 1 fully saturated rings. The Kier molecular flexibility index (Phi) is 4.58. The standard InChI is InChI=1S/C12H17NO.ClH/c1-9-3-2-4-10(7-9)11-5-6-13-8-12(11)14;/h2-4,7,11-14H,5-6,8H2,1H3;1H/t11-,12+;/m1./s1. The lowest BCUT2D eigenvalue weighted by Crippen LogP contribution is -2.39. The minimum absolute atomic E-state index is 0. The van der Waals surface area contributed by atoms with Crippen LogP contribution in [0.25, 0.3) is 0 Å². The first-order valence-corrected chi connectivity index (χ1v) is 5.23. The molecule has 1 aromatic carbocycles. The number of aliphatic hydroxyl groups is 1. The van der Waals surface area contributed by atoms with Crippen molar-refractivity contribution in [2.75, 3.05) is 13.1 Å². The minimum atomic E-state index is -0.231. The molecule has 2 atom stereocenters. The molecule has 1 saturated heterocycles. The summed E-state index contributed by atoms with van der Waals surface area (Å²) in [5.74, 6) is 0.316. The Balaban J connectivity index is 0.00000112. The fourth-order valence-corrected chi connectivity index (χ4v) is 2.13. The van der Waals surface area contributed by atoms with Gasteiger partial charge >= 0.3 is 0 Å². The van der Waals surface area contributed by atoms with Gasteiger partial charge in [-0.3, -0.25) is 0 Å². The SMILES string of the molecule is Cc1cccc([C@H]2CCNC[C@@H]2O)c1.Cl. The third-order valence-electron chi connectivity index (χ3n) is 2.92. The molecular formula is C12H18ClNO. The van der Waals surface area contributed by atoms with Crippen molar-refractivity contribution in [3.63, 3.8) is 0 Å². The van der Waals surface area contributed by atoms with Gasteiger partial charge in [0.2, 0.25) is 0 Å². The van der Waals surface area contributed by atoms with E-state index in [0.29, 0.717) is 5.92 Å². The highest BCUT2D eigenvalue weighted by atomic mass is 35.5. The highest BCUT2D eigenvalue weighted by molar-refractivity contribution is 5.85. The van der Waals surface area contributed by atoms with Crippen LogP contribution in [-0.2, 0) is 0 Å². The monoisotopic (exact) mass is 227 g/mol. The second-order valence-electron chi connectivity index (χ2n) is 4.08. The van der Waals surface area contributed by atoms with E-state index in [1.54, 1.807) is 0 Å². The Bertz CT molecular complexity index is 316. The number of rotatable bonds is 1. The summed E-state index contributed by atoms with van der Waals surface area (Å²) in [4.78, 5) is 0. The number of halogens is 1. The van der Waals surface area contributed by atoms with Crippen molar-refractivity contribution in [2.24, 2.45) is 0 Å². The molecule has 1 aromatic rings. The summed E-state index contributed by atoms with van der Waals surface area (Å²) in [5.41, 5.74) is 2.55. The first kappa shape index (κ1) is 12.5. The van der Waals surface area contributed by atoms with Gasteiger partial charge in [-0.1, -0.05) is 29.8 Å². The van der Waals surface area contributed by atoms with Crippen molar-refractivity contribution in [1.82, 2.24) is 5.32 Å². The Hall–Kier alpha value is -0.570. The third kappa shape index (κ3) is 2.94. The van der Waals surface area contributed by atoms with Crippen molar-refractivity contribution < 1.29 is 5.11 Å². The van der Waals surface area contributed by atoms with Crippen molar-refractivity contribution in [1.29, 1.82) is 0 Å². The fraction of sp³-hybridized carbons (Fsp3) is 0.500. The van der Waals surface area contributed by atoms with E-state index in [1.165, 1.54) is 11.1 Å². The van der Waals surface area contributed by atoms with Gasteiger partial charge in [0.25, 0.3) is 0 Å². The van der Waals surface area contributed by atoms with E-state index in [2.05, 4.69) is 36.5 Å². The van der Waals surface area contributed by atoms with Crippen LogP contribution in [0.5, 0.6) is 0 Å². The molecule has 2 nitrogen and oxygen atoms in total. The van der Waals surface area contributed by atoms with Crippen LogP contribution >= 0.6 is 12.4 Å². The number of aryl methyl sites for hydroxylation is 1. The van der Waals surface area contributed by atoms with Crippen LogP contribution in [-0.4, -0.2) is 24.3 Å². The molecule has 1 aliphatic rings. The summed E-state index contributed by atoms with van der Waals surface area (Å²) >= 11 is 0. The quantitative estimate of drug-likeness (QED) is 0.768. The molecule has 0 spiro atoms. The summed E-state index contributed by atoms with van der Waals surface area (Å²) in [6, 6.07) is 8.46. The van der Waals surface area contributed by atoms with Crippen LogP contribution < -0.4 is 5.32 Å². The fourth-order valence-electron chi connectivity index (χ4n) is 2.13. The molecule has 0 amide bonds. The van der Waals surface area contributed by atoms with E-state index in [4.69, 9.17) is 0 Å². The van der Waals surface area contributed by atoms with Gasteiger partial charge in [-0.15, -0.1) is 12.4 Å². The Morgan fingerprint density at radius 1 is 1.40 bits per heavy atom. The predicted octanol–water partition coefficient (Wildman–Crippen LogP) is 1.85. The second kappa shape index (κ2) is 5.50. The minimum Gasteiger partial charge on any atom is -0.391 e. The summed E-state index contributed by atoms with van der Waals surface area (Å²) in [6.45, 7) is 3.82. The molecule has 2 N–H and O–H groups in total. The van der Waals surface area contributed by atoms with Crippen molar-refractivity contribution in [2.45, 2.75) is 25.4 Å². The number of piperidine rings is 1. The van der Waals surface area contributed by atoms with E-state index in [0.717, 1.165) is 19.5 Å². The molecule has 1 heterocycles. The van der Waals surface area contributed by atoms with Crippen LogP contribution in [0.4, 0.5) is 0 Å². The van der Waals surface area contributed by atoms with Crippen LogP contribution in [0.2, 0.25) is 0 Å². The van der Waals surface area contributed by atoms with Gasteiger partial charge in [-0.2, -0.15) is 0 Å². The Morgan fingerprint density at radius 2 is 2.20 bits per heavy atom. The highest BCUT2D eigenvalue weighted by Crippen LogP contribution is 2.25. The van der Waals surface area contributed by atoms with Crippen LogP contribution in [0.1, 0.15) is 23.5 Å². The summed E-state index contributed by atoms with van der Waals surface area (Å²) in [5, 5.41) is 13.0. The molecule has 0 aromatic heterocycles. The van der Waals surface area contributed by atoms with Gasteiger partial charge in [0.05, 0.1) is 6.10 Å². The van der Waals surface area contributed by atoms with Gasteiger partial charge in [-0.25, -0.2) is 0 Å². The van der Waals surface area contributed by atoms with E-state index in [9.17, 15) is 5.11 Å². The van der Waals surface area contributed by atoms with Gasteiger partial charge in [0, 0.05) is 12.5 Å². The molecule has 0 bridgehead atoms. The number of hydrogen-bond donors (Lipinski definition) is 2. The smallest absolute Gasteiger partial charge is 0.0733 e. The first-order chi connectivity index (χ1) is 6.77. The predicted molar refractivity (Wildman–Crippen MR) is 64.7 cm³/mol. The lowest BCUT2D eigenvalue weighted by Gasteiger charge is -2.28. The maximum absolute atomic E-state index is 9.85. The Morgan fingerprint density at radius 3 is 2.87 bits per heavy atom. The van der Waals surface area contributed by atoms with E-state index in [-0.39, 0.29) is 18.5 Å². The third-order valence-corrected chi connectivity index (χ3v) is 2.92. The van der Waals surface area contributed by atoms with Gasteiger partial charge in [-0.05, 0) is 25.5 Å². The van der Waals surface area contributed by atoms with Gasteiger partial charge in [0.15, 0.2) is 0 Å². The van der Waals surface area contributed by atoms with Crippen LogP contribution in [0, 0.1) is 6.92 Å². The number of aliphatic hydroxyl groups excluding tert-OH is 1. The zero-order valence-corrected chi connectivity index (χ0v) is 9.76. The highest BCUT2D eigenvalue weighted by Gasteiger charge is 2.23. The Labute approximate surface area is 97.1 Å². The molecule has 84 valence electrons. The molecule has 0 radical (unpaired) electrons. The molecule has 1 aliphatic heterocycles. The van der Waals surface area contributed by atoms with Crippen molar-refractivity contribution >= 4 is 12.4 Å². The normalized spacial score (nSPS) is 25.7. The number of benzene rings is 1. The maximum Gasteiger partial charge on any atom is 0.0733 e. The molecule has 3 heteroatoms. The second-order valence-corrected chi connectivity index (χ2v) is 4.08. The molecular weight excluding hydrogens is 210 g/mol. The van der Waals surface area contributed by atoms with E-state index in [1.807, 2.05) is 0 Å². The van der Waals surface area contributed by atoms with Crippen LogP contribution in [0.3, 0.4) is 0 Å². The maximum atomic E-state index is 9.85. The zero-order valence-electron chi connectivity index (χ0n) is 8.94. The molecule has 0 saturated carbocycles. The largest absolute Gasteiger partial charge is 0.391 e. The van der Waals surface area contributed by atoms with E-state index >= 15 is 0 Å². The summed E-state index contributed by atoms with van der Waals surface area (Å²) in [6.07, 6.45) is 0.801. The lowest BCUT2D eigenvalue weighted by atomic mass is 9.87. The molecule has 0 aliphatic carbocycles. The number of nitrogens with one attached hydrogen (secondary N) is 1. The number of β-amino-alcohol motifs (C(OH)–C–C–N with tert-alkyl or cyclic N) is 1. The topological polar surface area (TPSA) is 32.3 Å². The van der Waals surface area contributed by atoms with Crippen LogP contribution in [0.15, 0.2) is 24.3 Å². The van der Waals surface area contributed by atoms with Gasteiger partial charge in [0.1, 0.15) is 0 Å². The van der Waals surface area contributed by atoms with E-state index < -0.39 is 0 Å². The summed E-state index contributed by atoms with van der Waals surface area (Å²) in [7, 11) is 0. The first-order valence-electron chi connectivity index (χ1n) is 5.23. The molecule has 15 heavy (non-hydrogen) atoms. The van der Waals surface area contributed by atoms with Gasteiger partial charge < -0.3 is 10.4 Å². The lowest BCUT2D eigenvalue weighted by molar-refractivity contribution is 0.118. The van der Waals surface area contributed by atoms with Crippen molar-refractivity contribution in [3.8, 4) is 0 Å². The van der Waals surface area contributed by atoms with Crippen molar-refractivity contribution in [3.05, 3.63) is 35.4 Å². The number of hydrogen-bond acceptors (Lipinski definition) is 2.